The van der Waals surface area contributed by atoms with Gasteiger partial charge in [0.1, 0.15) is 0 Å². The third-order valence-electron chi connectivity index (χ3n) is 2.39. The van der Waals surface area contributed by atoms with Gasteiger partial charge in [0, 0.05) is 12.2 Å². The highest BCUT2D eigenvalue weighted by atomic mass is 19.2. The van der Waals surface area contributed by atoms with Gasteiger partial charge in [0.25, 0.3) is 0 Å². The Bertz CT molecular complexity index is 419. The van der Waals surface area contributed by atoms with Crippen molar-refractivity contribution in [2.24, 2.45) is 5.41 Å². The van der Waals surface area contributed by atoms with Gasteiger partial charge in [-0.05, 0) is 32.0 Å². The molecule has 0 saturated heterocycles. The number of ether oxygens (including phenoxy) is 1. The fourth-order valence-electron chi connectivity index (χ4n) is 1.28. The number of halogens is 2. The molecular weight excluding hydrogens is 228 g/mol. The topological polar surface area (TPSA) is 38.3 Å². The molecule has 0 aliphatic heterocycles. The maximum Gasteiger partial charge on any atom is 0.313 e. The molecule has 0 unspecified atom stereocenters. The smallest absolute Gasteiger partial charge is 0.313 e. The number of rotatable bonds is 4. The predicted molar refractivity (Wildman–Crippen MR) is 60.6 cm³/mol. The molecule has 0 fully saturated rings. The zero-order valence-corrected chi connectivity index (χ0v) is 10.0. The Morgan fingerprint density at radius 2 is 2.00 bits per heavy atom. The van der Waals surface area contributed by atoms with Crippen LogP contribution in [0.15, 0.2) is 18.2 Å². The van der Waals surface area contributed by atoms with Crippen molar-refractivity contribution in [1.29, 1.82) is 0 Å². The Morgan fingerprint density at radius 1 is 1.35 bits per heavy atom. The summed E-state index contributed by atoms with van der Waals surface area (Å²) in [6, 6.07) is 3.48. The van der Waals surface area contributed by atoms with E-state index in [2.05, 4.69) is 10.1 Å². The summed E-state index contributed by atoms with van der Waals surface area (Å²) in [5.41, 5.74) is -0.319. The molecule has 0 bridgehead atoms. The normalized spacial score (nSPS) is 11.1. The van der Waals surface area contributed by atoms with Crippen LogP contribution in [0.1, 0.15) is 13.8 Å². The first-order chi connectivity index (χ1) is 7.86. The molecule has 5 heteroatoms. The van der Waals surface area contributed by atoms with Gasteiger partial charge in [0.2, 0.25) is 0 Å². The van der Waals surface area contributed by atoms with Crippen LogP contribution in [0.3, 0.4) is 0 Å². The number of benzene rings is 1. The van der Waals surface area contributed by atoms with Gasteiger partial charge in [-0.25, -0.2) is 8.78 Å². The first-order valence-corrected chi connectivity index (χ1v) is 5.14. The standard InChI is InChI=1S/C12H15F2NO2/c1-12(2,11(16)17-3)7-15-8-4-5-9(13)10(14)6-8/h4-6,15H,7H2,1-3H3. The van der Waals surface area contributed by atoms with Crippen LogP contribution in [0.5, 0.6) is 0 Å². The van der Waals surface area contributed by atoms with Crippen molar-refractivity contribution in [1.82, 2.24) is 0 Å². The molecule has 1 aromatic rings. The number of hydrogen-bond donors (Lipinski definition) is 1. The van der Waals surface area contributed by atoms with E-state index < -0.39 is 17.0 Å². The van der Waals surface area contributed by atoms with Gasteiger partial charge in [0.05, 0.1) is 12.5 Å². The molecule has 17 heavy (non-hydrogen) atoms. The lowest BCUT2D eigenvalue weighted by atomic mass is 9.93. The van der Waals surface area contributed by atoms with Crippen LogP contribution < -0.4 is 5.32 Å². The summed E-state index contributed by atoms with van der Waals surface area (Å²) < 4.78 is 30.2. The molecule has 0 aliphatic carbocycles. The van der Waals surface area contributed by atoms with Crippen molar-refractivity contribution in [3.63, 3.8) is 0 Å². The molecule has 0 aliphatic rings. The monoisotopic (exact) mass is 243 g/mol. The molecule has 0 amide bonds. The van der Waals surface area contributed by atoms with Gasteiger partial charge in [0.15, 0.2) is 11.6 Å². The van der Waals surface area contributed by atoms with E-state index in [1.54, 1.807) is 13.8 Å². The van der Waals surface area contributed by atoms with E-state index in [-0.39, 0.29) is 12.5 Å². The van der Waals surface area contributed by atoms with E-state index >= 15 is 0 Å². The number of hydrogen-bond acceptors (Lipinski definition) is 3. The molecule has 3 nitrogen and oxygen atoms in total. The summed E-state index contributed by atoms with van der Waals surface area (Å²) >= 11 is 0. The highest BCUT2D eigenvalue weighted by Gasteiger charge is 2.28. The van der Waals surface area contributed by atoms with Crippen LogP contribution in [0.2, 0.25) is 0 Å². The molecule has 0 aromatic heterocycles. The van der Waals surface area contributed by atoms with Crippen molar-refractivity contribution < 1.29 is 18.3 Å². The second kappa shape index (κ2) is 5.12. The minimum absolute atomic E-state index is 0.269. The highest BCUT2D eigenvalue weighted by Crippen LogP contribution is 2.19. The second-order valence-electron chi connectivity index (χ2n) is 4.36. The lowest BCUT2D eigenvalue weighted by molar-refractivity contribution is -0.149. The molecule has 1 N–H and O–H groups in total. The Morgan fingerprint density at radius 3 is 2.53 bits per heavy atom. The van der Waals surface area contributed by atoms with Gasteiger partial charge in [-0.15, -0.1) is 0 Å². The van der Waals surface area contributed by atoms with Crippen molar-refractivity contribution in [3.05, 3.63) is 29.8 Å². The first-order valence-electron chi connectivity index (χ1n) is 5.14. The quantitative estimate of drug-likeness (QED) is 0.826. The minimum atomic E-state index is -0.925. The van der Waals surface area contributed by atoms with Crippen molar-refractivity contribution in [2.45, 2.75) is 13.8 Å². The Labute approximate surface area is 98.8 Å². The summed E-state index contributed by atoms with van der Waals surface area (Å²) in [5.74, 6) is -2.19. The van der Waals surface area contributed by atoms with E-state index in [1.165, 1.54) is 13.2 Å². The molecule has 0 spiro atoms. The Kier molecular flexibility index (Phi) is 4.04. The molecule has 0 saturated carbocycles. The number of methoxy groups -OCH3 is 1. The van der Waals surface area contributed by atoms with Crippen molar-refractivity contribution in [3.8, 4) is 0 Å². The average molecular weight is 243 g/mol. The van der Waals surface area contributed by atoms with E-state index in [1.807, 2.05) is 0 Å². The van der Waals surface area contributed by atoms with E-state index in [0.29, 0.717) is 5.69 Å². The summed E-state index contributed by atoms with van der Waals surface area (Å²) in [4.78, 5) is 11.4. The zero-order valence-electron chi connectivity index (χ0n) is 10.0. The van der Waals surface area contributed by atoms with E-state index in [0.717, 1.165) is 12.1 Å². The lowest BCUT2D eigenvalue weighted by Crippen LogP contribution is -2.33. The molecular formula is C12H15F2NO2. The number of carbonyl (C=O) groups excluding carboxylic acids is 1. The van der Waals surface area contributed by atoms with Crippen LogP contribution in [0, 0.1) is 17.0 Å². The van der Waals surface area contributed by atoms with E-state index in [4.69, 9.17) is 0 Å². The van der Waals surface area contributed by atoms with Crippen LogP contribution in [0.25, 0.3) is 0 Å². The summed E-state index contributed by atoms with van der Waals surface area (Å²) in [5, 5.41) is 2.86. The predicted octanol–water partition coefficient (Wildman–Crippen LogP) is 2.58. The minimum Gasteiger partial charge on any atom is -0.469 e. The summed E-state index contributed by atoms with van der Waals surface area (Å²) in [6.45, 7) is 3.67. The maximum absolute atomic E-state index is 12.9. The third-order valence-corrected chi connectivity index (χ3v) is 2.39. The van der Waals surface area contributed by atoms with Gasteiger partial charge in [-0.1, -0.05) is 0 Å². The second-order valence-corrected chi connectivity index (χ2v) is 4.36. The number of nitrogens with one attached hydrogen (secondary N) is 1. The van der Waals surface area contributed by atoms with E-state index in [9.17, 15) is 13.6 Å². The number of anilines is 1. The number of esters is 1. The van der Waals surface area contributed by atoms with Crippen molar-refractivity contribution >= 4 is 11.7 Å². The Hall–Kier alpha value is -1.65. The van der Waals surface area contributed by atoms with Gasteiger partial charge in [-0.2, -0.15) is 0 Å². The average Bonchev–Trinajstić information content (AvgIpc) is 2.29. The molecule has 0 radical (unpaired) electrons. The fourth-order valence-corrected chi connectivity index (χ4v) is 1.28. The maximum atomic E-state index is 12.9. The molecule has 0 atom stereocenters. The van der Waals surface area contributed by atoms with Crippen LogP contribution >= 0.6 is 0 Å². The summed E-state index contributed by atoms with van der Waals surface area (Å²) in [7, 11) is 1.31. The SMILES string of the molecule is COC(=O)C(C)(C)CNc1ccc(F)c(F)c1. The Balaban J connectivity index is 2.67. The van der Waals surface area contributed by atoms with Crippen LogP contribution in [-0.2, 0) is 9.53 Å². The number of carbonyl (C=O) groups is 1. The summed E-state index contributed by atoms with van der Waals surface area (Å²) in [6.07, 6.45) is 0. The van der Waals surface area contributed by atoms with Gasteiger partial charge >= 0.3 is 5.97 Å². The zero-order chi connectivity index (χ0) is 13.1. The molecule has 0 heterocycles. The van der Waals surface area contributed by atoms with Crippen LogP contribution in [-0.4, -0.2) is 19.6 Å². The lowest BCUT2D eigenvalue weighted by Gasteiger charge is -2.22. The molecule has 1 rings (SSSR count). The molecule has 1 aromatic carbocycles. The highest BCUT2D eigenvalue weighted by molar-refractivity contribution is 5.76. The van der Waals surface area contributed by atoms with Gasteiger partial charge in [-0.3, -0.25) is 4.79 Å². The first kappa shape index (κ1) is 13.4. The van der Waals surface area contributed by atoms with Crippen molar-refractivity contribution in [2.75, 3.05) is 19.0 Å². The molecule has 94 valence electrons. The largest absolute Gasteiger partial charge is 0.469 e. The van der Waals surface area contributed by atoms with Gasteiger partial charge < -0.3 is 10.1 Å². The van der Waals surface area contributed by atoms with Crippen LogP contribution in [0.4, 0.5) is 14.5 Å². The third kappa shape index (κ3) is 3.41. The fraction of sp³-hybridized carbons (Fsp3) is 0.417.